The van der Waals surface area contributed by atoms with Crippen molar-refractivity contribution in [3.8, 4) is 17.0 Å². The molecule has 1 amide bonds. The van der Waals surface area contributed by atoms with E-state index in [-0.39, 0.29) is 11.9 Å². The molecule has 5 nitrogen and oxygen atoms in total. The number of nitrogens with zero attached hydrogens (tertiary/aromatic N) is 2. The zero-order valence-electron chi connectivity index (χ0n) is 16.0. The van der Waals surface area contributed by atoms with Crippen LogP contribution in [0.1, 0.15) is 27.0 Å². The number of methoxy groups -OCH3 is 1. The number of piperazine rings is 1. The number of para-hydroxylation sites is 1. The fourth-order valence-corrected chi connectivity index (χ4v) is 4.26. The molecule has 144 valence electrons. The van der Waals surface area contributed by atoms with Gasteiger partial charge in [-0.1, -0.05) is 30.3 Å². The van der Waals surface area contributed by atoms with Crippen molar-refractivity contribution >= 4 is 17.2 Å². The highest BCUT2D eigenvalue weighted by molar-refractivity contribution is 7.09. The smallest absolute Gasteiger partial charge is 0.254 e. The van der Waals surface area contributed by atoms with Gasteiger partial charge in [0.05, 0.1) is 23.9 Å². The molecule has 1 aromatic heterocycles. The maximum atomic E-state index is 13.4. The second kappa shape index (κ2) is 8.12. The third-order valence-corrected chi connectivity index (χ3v) is 5.80. The Balaban J connectivity index is 1.66. The zero-order chi connectivity index (χ0) is 19.5. The van der Waals surface area contributed by atoms with Crippen molar-refractivity contribution in [3.05, 3.63) is 70.0 Å². The number of benzene rings is 2. The fraction of sp³-hybridized carbons (Fsp3) is 0.273. The number of aromatic nitrogens is 1. The molecule has 0 aliphatic carbocycles. The number of thiazole rings is 1. The van der Waals surface area contributed by atoms with Crippen LogP contribution in [0, 0.1) is 6.92 Å². The first-order chi connectivity index (χ1) is 13.7. The summed E-state index contributed by atoms with van der Waals surface area (Å²) in [4.78, 5) is 19.9. The summed E-state index contributed by atoms with van der Waals surface area (Å²) in [6.07, 6.45) is 0. The van der Waals surface area contributed by atoms with Crippen LogP contribution < -0.4 is 10.1 Å². The summed E-state index contributed by atoms with van der Waals surface area (Å²) in [5.41, 5.74) is 3.60. The van der Waals surface area contributed by atoms with E-state index >= 15 is 0 Å². The Labute approximate surface area is 169 Å². The van der Waals surface area contributed by atoms with Gasteiger partial charge < -0.3 is 15.0 Å². The van der Waals surface area contributed by atoms with Crippen LogP contribution in [-0.2, 0) is 0 Å². The molecule has 2 aromatic carbocycles. The summed E-state index contributed by atoms with van der Waals surface area (Å²) in [6, 6.07) is 15.6. The van der Waals surface area contributed by atoms with Crippen molar-refractivity contribution in [1.82, 2.24) is 15.2 Å². The molecule has 6 heteroatoms. The first-order valence-electron chi connectivity index (χ1n) is 9.34. The number of rotatable bonds is 4. The van der Waals surface area contributed by atoms with Crippen molar-refractivity contribution < 1.29 is 9.53 Å². The van der Waals surface area contributed by atoms with E-state index in [2.05, 4.69) is 10.3 Å². The Morgan fingerprint density at radius 1 is 1.25 bits per heavy atom. The predicted molar refractivity (Wildman–Crippen MR) is 112 cm³/mol. The minimum Gasteiger partial charge on any atom is -0.496 e. The summed E-state index contributed by atoms with van der Waals surface area (Å²) in [5, 5.41) is 6.45. The molecule has 0 saturated carbocycles. The van der Waals surface area contributed by atoms with Crippen molar-refractivity contribution in [2.24, 2.45) is 0 Å². The number of aryl methyl sites for hydroxylation is 1. The second-order valence-corrected chi connectivity index (χ2v) is 7.86. The maximum absolute atomic E-state index is 13.4. The van der Waals surface area contributed by atoms with Crippen LogP contribution in [0.2, 0.25) is 0 Å². The lowest BCUT2D eigenvalue weighted by atomic mass is 10.00. The minimum atomic E-state index is -0.0671. The average molecular weight is 394 g/mol. The predicted octanol–water partition coefficient (Wildman–Crippen LogP) is 3.91. The number of hydrogen-bond donors (Lipinski definition) is 1. The SMILES string of the molecule is COc1ccccc1C1CNCCN1C(=O)c1cccc(-c2csc(C)n2)c1. The largest absolute Gasteiger partial charge is 0.496 e. The summed E-state index contributed by atoms with van der Waals surface area (Å²) in [6.45, 7) is 4.13. The van der Waals surface area contributed by atoms with E-state index < -0.39 is 0 Å². The first kappa shape index (κ1) is 18.7. The van der Waals surface area contributed by atoms with Gasteiger partial charge in [0.15, 0.2) is 0 Å². The molecule has 0 spiro atoms. The van der Waals surface area contributed by atoms with Crippen LogP contribution >= 0.6 is 11.3 Å². The summed E-state index contributed by atoms with van der Waals surface area (Å²) in [7, 11) is 1.67. The molecule has 4 rings (SSSR count). The number of hydrogen-bond acceptors (Lipinski definition) is 5. The minimum absolute atomic E-state index is 0.0335. The summed E-state index contributed by atoms with van der Waals surface area (Å²) < 4.78 is 5.54. The van der Waals surface area contributed by atoms with Gasteiger partial charge in [0.25, 0.3) is 5.91 Å². The highest BCUT2D eigenvalue weighted by atomic mass is 32.1. The molecule has 3 aromatic rings. The third kappa shape index (κ3) is 3.66. The van der Waals surface area contributed by atoms with Crippen LogP contribution in [0.4, 0.5) is 0 Å². The van der Waals surface area contributed by atoms with Gasteiger partial charge in [-0.15, -0.1) is 11.3 Å². The molecule has 0 bridgehead atoms. The zero-order valence-corrected chi connectivity index (χ0v) is 16.8. The number of carbonyl (C=O) groups is 1. The van der Waals surface area contributed by atoms with Crippen LogP contribution in [0.3, 0.4) is 0 Å². The van der Waals surface area contributed by atoms with Gasteiger partial charge in [-0.3, -0.25) is 4.79 Å². The van der Waals surface area contributed by atoms with Crippen LogP contribution in [0.5, 0.6) is 5.75 Å². The lowest BCUT2D eigenvalue weighted by Crippen LogP contribution is -2.48. The van der Waals surface area contributed by atoms with Crippen LogP contribution in [0.15, 0.2) is 53.9 Å². The van der Waals surface area contributed by atoms with Gasteiger partial charge in [-0.25, -0.2) is 4.98 Å². The fourth-order valence-electron chi connectivity index (χ4n) is 3.64. The molecule has 1 atom stereocenters. The molecule has 0 radical (unpaired) electrons. The number of amides is 1. The number of carbonyl (C=O) groups excluding carboxylic acids is 1. The Hall–Kier alpha value is -2.70. The number of nitrogens with one attached hydrogen (secondary N) is 1. The Bertz CT molecular complexity index is 985. The topological polar surface area (TPSA) is 54.5 Å². The molecule has 1 saturated heterocycles. The van der Waals surface area contributed by atoms with Gasteiger partial charge in [0, 0.05) is 41.7 Å². The normalized spacial score (nSPS) is 16.8. The van der Waals surface area contributed by atoms with E-state index in [9.17, 15) is 4.79 Å². The molecular weight excluding hydrogens is 370 g/mol. The maximum Gasteiger partial charge on any atom is 0.254 e. The molecule has 1 fully saturated rings. The van der Waals surface area contributed by atoms with E-state index in [1.165, 1.54) is 0 Å². The van der Waals surface area contributed by atoms with E-state index in [1.807, 2.05) is 65.7 Å². The number of ether oxygens (including phenoxy) is 1. The van der Waals surface area contributed by atoms with E-state index in [0.29, 0.717) is 18.7 Å². The van der Waals surface area contributed by atoms with Gasteiger partial charge in [0.1, 0.15) is 5.75 Å². The van der Waals surface area contributed by atoms with Crippen molar-refractivity contribution in [3.63, 3.8) is 0 Å². The summed E-state index contributed by atoms with van der Waals surface area (Å²) >= 11 is 1.61. The van der Waals surface area contributed by atoms with E-state index in [1.54, 1.807) is 18.4 Å². The van der Waals surface area contributed by atoms with E-state index in [0.717, 1.165) is 34.1 Å². The highest BCUT2D eigenvalue weighted by Crippen LogP contribution is 2.31. The quantitative estimate of drug-likeness (QED) is 0.730. The standard InChI is InChI=1S/C22H23N3O2S/c1-15-24-19(14-28-15)16-6-5-7-17(12-16)22(26)25-11-10-23-13-20(25)18-8-3-4-9-21(18)27-2/h3-9,12,14,20,23H,10-11,13H2,1-2H3. The monoisotopic (exact) mass is 393 g/mol. The van der Waals surface area contributed by atoms with Gasteiger partial charge in [-0.05, 0) is 25.1 Å². The van der Waals surface area contributed by atoms with Crippen LogP contribution in [-0.4, -0.2) is 42.5 Å². The average Bonchev–Trinajstić information content (AvgIpc) is 3.19. The first-order valence-corrected chi connectivity index (χ1v) is 10.2. The van der Waals surface area contributed by atoms with Crippen LogP contribution in [0.25, 0.3) is 11.3 Å². The van der Waals surface area contributed by atoms with Crippen molar-refractivity contribution in [2.75, 3.05) is 26.7 Å². The molecular formula is C22H23N3O2S. The molecule has 2 heterocycles. The third-order valence-electron chi connectivity index (χ3n) is 5.03. The molecule has 1 unspecified atom stereocenters. The van der Waals surface area contributed by atoms with Crippen molar-refractivity contribution in [1.29, 1.82) is 0 Å². The Morgan fingerprint density at radius 2 is 2.11 bits per heavy atom. The molecule has 1 N–H and O–H groups in total. The Morgan fingerprint density at radius 3 is 2.89 bits per heavy atom. The van der Waals surface area contributed by atoms with Gasteiger partial charge >= 0.3 is 0 Å². The second-order valence-electron chi connectivity index (χ2n) is 6.79. The lowest BCUT2D eigenvalue weighted by molar-refractivity contribution is 0.0631. The van der Waals surface area contributed by atoms with Gasteiger partial charge in [0.2, 0.25) is 0 Å². The Kier molecular flexibility index (Phi) is 5.41. The summed E-state index contributed by atoms with van der Waals surface area (Å²) in [5.74, 6) is 0.840. The molecule has 1 aliphatic rings. The molecule has 1 aliphatic heterocycles. The lowest BCUT2D eigenvalue weighted by Gasteiger charge is -2.37. The molecule has 28 heavy (non-hydrogen) atoms. The van der Waals surface area contributed by atoms with Crippen molar-refractivity contribution in [2.45, 2.75) is 13.0 Å². The van der Waals surface area contributed by atoms with E-state index in [4.69, 9.17) is 4.74 Å². The van der Waals surface area contributed by atoms with Gasteiger partial charge in [-0.2, -0.15) is 0 Å². The highest BCUT2D eigenvalue weighted by Gasteiger charge is 2.30.